The molecule has 1 aromatic heterocycles. The summed E-state index contributed by atoms with van der Waals surface area (Å²) >= 11 is 1.86. The highest BCUT2D eigenvalue weighted by Crippen LogP contribution is 2.38. The Bertz CT molecular complexity index is 665. The largest absolute Gasteiger partial charge is 0.311 e. The van der Waals surface area contributed by atoms with E-state index in [-0.39, 0.29) is 0 Å². The third-order valence-corrected chi connectivity index (χ3v) is 5.02. The van der Waals surface area contributed by atoms with Crippen molar-refractivity contribution in [3.8, 4) is 6.07 Å². The third-order valence-electron chi connectivity index (χ3n) is 3.82. The average Bonchev–Trinajstić information content (AvgIpc) is 3.28. The fraction of sp³-hybridized carbons (Fsp3) is 0.438. The van der Waals surface area contributed by atoms with Crippen LogP contribution in [0.25, 0.3) is 0 Å². The van der Waals surface area contributed by atoms with Gasteiger partial charge in [-0.3, -0.25) is 0 Å². The van der Waals surface area contributed by atoms with Gasteiger partial charge in [-0.15, -0.1) is 22.0 Å². The molecular weight excluding hydrogens is 280 g/mol. The molecule has 1 heterocycles. The van der Waals surface area contributed by atoms with E-state index in [4.69, 9.17) is 5.26 Å². The molecule has 21 heavy (non-hydrogen) atoms. The molecule has 1 aromatic carbocycles. The smallest absolute Gasteiger partial charge is 0.143 e. The lowest BCUT2D eigenvalue weighted by Gasteiger charge is -2.12. The Morgan fingerprint density at radius 3 is 2.67 bits per heavy atom. The van der Waals surface area contributed by atoms with Crippen molar-refractivity contribution in [1.29, 1.82) is 5.26 Å². The molecule has 1 unspecified atom stereocenters. The number of rotatable bonds is 5. The van der Waals surface area contributed by atoms with Crippen LogP contribution in [0, 0.1) is 18.3 Å². The quantitative estimate of drug-likeness (QED) is 0.842. The number of nitrogens with zero attached hydrogens (tertiary/aromatic N) is 4. The fourth-order valence-electron chi connectivity index (χ4n) is 2.44. The molecule has 3 rings (SSSR count). The number of hydrogen-bond acceptors (Lipinski definition) is 4. The molecule has 1 saturated carbocycles. The van der Waals surface area contributed by atoms with Crippen LogP contribution in [0.3, 0.4) is 0 Å². The van der Waals surface area contributed by atoms with Gasteiger partial charge in [0.1, 0.15) is 11.6 Å². The maximum Gasteiger partial charge on any atom is 0.143 e. The van der Waals surface area contributed by atoms with Crippen LogP contribution >= 0.6 is 11.8 Å². The van der Waals surface area contributed by atoms with Crippen LogP contribution in [-0.4, -0.2) is 14.8 Å². The first-order valence-corrected chi connectivity index (χ1v) is 8.26. The van der Waals surface area contributed by atoms with Crippen LogP contribution < -0.4 is 0 Å². The number of aromatic nitrogens is 3. The fourth-order valence-corrected chi connectivity index (χ4v) is 3.39. The van der Waals surface area contributed by atoms with E-state index in [0.717, 1.165) is 17.4 Å². The minimum absolute atomic E-state index is 0.377. The molecule has 4 nitrogen and oxygen atoms in total. The van der Waals surface area contributed by atoms with E-state index >= 15 is 0 Å². The number of thioether (sulfide) groups is 1. The van der Waals surface area contributed by atoms with Crippen molar-refractivity contribution in [3.05, 3.63) is 47.0 Å². The maximum atomic E-state index is 8.84. The number of nitriles is 1. The van der Waals surface area contributed by atoms with Crippen molar-refractivity contribution in [1.82, 2.24) is 14.8 Å². The number of aryl methyl sites for hydroxylation is 1. The van der Waals surface area contributed by atoms with Gasteiger partial charge >= 0.3 is 0 Å². The van der Waals surface area contributed by atoms with Crippen molar-refractivity contribution in [2.75, 3.05) is 0 Å². The van der Waals surface area contributed by atoms with Gasteiger partial charge in [-0.05, 0) is 44.4 Å². The first-order valence-electron chi connectivity index (χ1n) is 7.21. The van der Waals surface area contributed by atoms with Gasteiger partial charge in [0.15, 0.2) is 0 Å². The van der Waals surface area contributed by atoms with Crippen molar-refractivity contribution in [2.45, 2.75) is 43.7 Å². The summed E-state index contributed by atoms with van der Waals surface area (Å²) in [5, 5.41) is 17.7. The van der Waals surface area contributed by atoms with Crippen molar-refractivity contribution < 1.29 is 0 Å². The molecule has 0 spiro atoms. The zero-order chi connectivity index (χ0) is 14.8. The van der Waals surface area contributed by atoms with E-state index in [0.29, 0.717) is 16.9 Å². The van der Waals surface area contributed by atoms with E-state index in [1.165, 1.54) is 18.4 Å². The van der Waals surface area contributed by atoms with Gasteiger partial charge in [-0.2, -0.15) is 5.26 Å². The topological polar surface area (TPSA) is 54.5 Å². The first-order chi connectivity index (χ1) is 10.2. The van der Waals surface area contributed by atoms with Gasteiger partial charge in [-0.1, -0.05) is 12.1 Å². The van der Waals surface area contributed by atoms with Gasteiger partial charge in [0.25, 0.3) is 0 Å². The predicted molar refractivity (Wildman–Crippen MR) is 83.9 cm³/mol. The lowest BCUT2D eigenvalue weighted by molar-refractivity contribution is 0.682. The van der Waals surface area contributed by atoms with Crippen LogP contribution in [0.5, 0.6) is 0 Å². The molecule has 5 heteroatoms. The molecule has 1 aliphatic rings. The van der Waals surface area contributed by atoms with Gasteiger partial charge in [-0.25, -0.2) is 0 Å². The minimum atomic E-state index is 0.377. The molecule has 0 saturated heterocycles. The monoisotopic (exact) mass is 298 g/mol. The summed E-state index contributed by atoms with van der Waals surface area (Å²) in [7, 11) is 0. The molecule has 0 aliphatic heterocycles. The summed E-state index contributed by atoms with van der Waals surface area (Å²) in [4.78, 5) is 0. The second-order valence-electron chi connectivity index (χ2n) is 5.45. The Hall–Kier alpha value is -1.80. The zero-order valence-corrected chi connectivity index (χ0v) is 13.1. The van der Waals surface area contributed by atoms with Crippen LogP contribution in [0.1, 0.15) is 53.8 Å². The zero-order valence-electron chi connectivity index (χ0n) is 12.3. The molecule has 0 amide bonds. The number of hydrogen-bond donors (Lipinski definition) is 0. The summed E-state index contributed by atoms with van der Waals surface area (Å²) in [6.45, 7) is 4.22. The van der Waals surface area contributed by atoms with Crippen LogP contribution in [-0.2, 0) is 5.75 Å². The molecule has 2 aromatic rings. The highest BCUT2D eigenvalue weighted by atomic mass is 32.2. The summed E-state index contributed by atoms with van der Waals surface area (Å²) < 4.78 is 2.29. The van der Waals surface area contributed by atoms with Crippen molar-refractivity contribution >= 4 is 11.8 Å². The third kappa shape index (κ3) is 3.11. The van der Waals surface area contributed by atoms with Crippen molar-refractivity contribution in [2.24, 2.45) is 0 Å². The first kappa shape index (κ1) is 14.2. The highest BCUT2D eigenvalue weighted by molar-refractivity contribution is 7.98. The molecule has 0 radical (unpaired) electrons. The Balaban J connectivity index is 1.65. The van der Waals surface area contributed by atoms with Gasteiger partial charge in [0.2, 0.25) is 0 Å². The minimum Gasteiger partial charge on any atom is -0.311 e. The van der Waals surface area contributed by atoms with Gasteiger partial charge in [0.05, 0.1) is 17.4 Å². The van der Waals surface area contributed by atoms with E-state index in [1.807, 2.05) is 43.0 Å². The predicted octanol–water partition coefficient (Wildman–Crippen LogP) is 3.79. The summed E-state index contributed by atoms with van der Waals surface area (Å²) in [6.07, 6.45) is 2.50. The van der Waals surface area contributed by atoms with Crippen LogP contribution in [0.4, 0.5) is 0 Å². The lowest BCUT2D eigenvalue weighted by atomic mass is 10.1. The second kappa shape index (κ2) is 5.90. The Morgan fingerprint density at radius 2 is 2.05 bits per heavy atom. The Morgan fingerprint density at radius 1 is 1.33 bits per heavy atom. The SMILES string of the molecule is Cc1nnc(CSC(C)c2ccc(C#N)cc2)n1C1CC1. The van der Waals surface area contributed by atoms with Crippen LogP contribution in [0.15, 0.2) is 24.3 Å². The molecule has 0 bridgehead atoms. The molecule has 108 valence electrons. The highest BCUT2D eigenvalue weighted by Gasteiger charge is 2.28. The van der Waals surface area contributed by atoms with Crippen LogP contribution in [0.2, 0.25) is 0 Å². The molecule has 1 fully saturated rings. The molecule has 0 N–H and O–H groups in total. The summed E-state index contributed by atoms with van der Waals surface area (Å²) in [6, 6.07) is 10.6. The van der Waals surface area contributed by atoms with E-state index in [1.54, 1.807) is 0 Å². The molecule has 1 aliphatic carbocycles. The lowest BCUT2D eigenvalue weighted by Crippen LogP contribution is -2.03. The summed E-state index contributed by atoms with van der Waals surface area (Å²) in [5.41, 5.74) is 1.95. The molecular formula is C16H18N4S. The summed E-state index contributed by atoms with van der Waals surface area (Å²) in [5.74, 6) is 2.98. The van der Waals surface area contributed by atoms with E-state index in [9.17, 15) is 0 Å². The second-order valence-corrected chi connectivity index (χ2v) is 6.78. The normalized spacial score (nSPS) is 15.7. The Labute approximate surface area is 129 Å². The Kier molecular flexibility index (Phi) is 3.98. The standard InChI is InChI=1S/C16H18N4S/c1-11(14-5-3-13(9-17)4-6-14)21-10-16-19-18-12(2)20(16)15-7-8-15/h3-6,11,15H,7-8,10H2,1-2H3. The van der Waals surface area contributed by atoms with Crippen molar-refractivity contribution in [3.63, 3.8) is 0 Å². The maximum absolute atomic E-state index is 8.84. The number of benzene rings is 1. The average molecular weight is 298 g/mol. The van der Waals surface area contributed by atoms with E-state index in [2.05, 4.69) is 27.8 Å². The van der Waals surface area contributed by atoms with E-state index < -0.39 is 0 Å². The van der Waals surface area contributed by atoms with Gasteiger partial charge < -0.3 is 4.57 Å². The molecule has 1 atom stereocenters. The van der Waals surface area contributed by atoms with Gasteiger partial charge in [0, 0.05) is 11.3 Å².